The van der Waals surface area contributed by atoms with Gasteiger partial charge < -0.3 is 10.5 Å². The van der Waals surface area contributed by atoms with E-state index in [1.807, 2.05) is 20.8 Å². The van der Waals surface area contributed by atoms with Crippen molar-refractivity contribution in [3.63, 3.8) is 0 Å². The Balaban J connectivity index is 0.000000606. The van der Waals surface area contributed by atoms with Crippen molar-refractivity contribution < 1.29 is 9.53 Å². The van der Waals surface area contributed by atoms with Crippen LogP contribution in [0.15, 0.2) is 12.1 Å². The molecule has 1 aromatic rings. The van der Waals surface area contributed by atoms with E-state index in [1.54, 1.807) is 12.1 Å². The number of esters is 1. The molecule has 0 saturated heterocycles. The maximum Gasteiger partial charge on any atom is 0.313 e. The fourth-order valence-electron chi connectivity index (χ4n) is 1.62. The Morgan fingerprint density at radius 3 is 2.69 bits per heavy atom. The lowest BCUT2D eigenvalue weighted by molar-refractivity contribution is -0.135. The van der Waals surface area contributed by atoms with Gasteiger partial charge in [-0.1, -0.05) is 25.4 Å². The highest BCUT2D eigenvalue weighted by Crippen LogP contribution is 2.36. The maximum atomic E-state index is 11.1. The van der Waals surface area contributed by atoms with Crippen LogP contribution in [-0.2, 0) is 4.79 Å². The highest BCUT2D eigenvalue weighted by molar-refractivity contribution is 6.30. The van der Waals surface area contributed by atoms with E-state index in [4.69, 9.17) is 22.1 Å². The molecule has 0 bridgehead atoms. The Labute approximate surface area is 101 Å². The zero-order valence-electron chi connectivity index (χ0n) is 9.71. The molecule has 2 N–H and O–H groups in total. The Morgan fingerprint density at radius 1 is 1.44 bits per heavy atom. The molecule has 0 saturated carbocycles. The molecule has 88 valence electrons. The summed E-state index contributed by atoms with van der Waals surface area (Å²) in [4.78, 5) is 11.1. The van der Waals surface area contributed by atoms with Crippen molar-refractivity contribution in [1.82, 2.24) is 0 Å². The van der Waals surface area contributed by atoms with Crippen molar-refractivity contribution in [2.24, 2.45) is 5.73 Å². The first-order valence-corrected chi connectivity index (χ1v) is 5.72. The standard InChI is InChI=1S/C10H10ClNO2.C2H6/c1-5-2-6(11)3-7-8(12)4-9(13)14-10(5)7;1-2/h2-3,8H,4,12H2,1H3;1-2H3. The molecule has 1 unspecified atom stereocenters. The van der Waals surface area contributed by atoms with E-state index >= 15 is 0 Å². The first-order valence-electron chi connectivity index (χ1n) is 5.34. The van der Waals surface area contributed by atoms with Gasteiger partial charge >= 0.3 is 5.97 Å². The quantitative estimate of drug-likeness (QED) is 0.561. The van der Waals surface area contributed by atoms with Gasteiger partial charge in [-0.05, 0) is 24.6 Å². The van der Waals surface area contributed by atoms with Crippen LogP contribution in [0.5, 0.6) is 5.75 Å². The van der Waals surface area contributed by atoms with Crippen LogP contribution in [0.4, 0.5) is 0 Å². The van der Waals surface area contributed by atoms with Gasteiger partial charge in [0.15, 0.2) is 0 Å². The molecule has 0 spiro atoms. The summed E-state index contributed by atoms with van der Waals surface area (Å²) in [6.07, 6.45) is 0.215. The van der Waals surface area contributed by atoms with E-state index in [-0.39, 0.29) is 18.4 Å². The van der Waals surface area contributed by atoms with Crippen molar-refractivity contribution in [2.75, 3.05) is 0 Å². The predicted molar refractivity (Wildman–Crippen MR) is 64.7 cm³/mol. The number of fused-ring (bicyclic) bond motifs is 1. The molecule has 1 aliphatic heterocycles. The second-order valence-electron chi connectivity index (χ2n) is 3.43. The van der Waals surface area contributed by atoms with E-state index < -0.39 is 0 Å². The number of nitrogens with two attached hydrogens (primary N) is 1. The SMILES string of the molecule is CC.Cc1cc(Cl)cc2c1OC(=O)CC2N. The van der Waals surface area contributed by atoms with E-state index in [0.717, 1.165) is 11.1 Å². The van der Waals surface area contributed by atoms with E-state index in [2.05, 4.69) is 0 Å². The zero-order valence-corrected chi connectivity index (χ0v) is 10.5. The van der Waals surface area contributed by atoms with Crippen LogP contribution in [0.2, 0.25) is 5.02 Å². The van der Waals surface area contributed by atoms with Crippen LogP contribution in [0.3, 0.4) is 0 Å². The molecule has 0 aromatic heterocycles. The predicted octanol–water partition coefficient (Wildman–Crippen LogP) is 2.98. The molecular weight excluding hydrogens is 226 g/mol. The number of carbonyl (C=O) groups excluding carboxylic acids is 1. The number of ether oxygens (including phenoxy) is 1. The van der Waals surface area contributed by atoms with Crippen LogP contribution in [0, 0.1) is 6.92 Å². The van der Waals surface area contributed by atoms with Crippen molar-refractivity contribution in [2.45, 2.75) is 33.2 Å². The Hall–Kier alpha value is -1.06. The summed E-state index contributed by atoms with van der Waals surface area (Å²) in [5, 5.41) is 0.620. The van der Waals surface area contributed by atoms with Crippen LogP contribution < -0.4 is 10.5 Å². The van der Waals surface area contributed by atoms with Gasteiger partial charge in [-0.15, -0.1) is 0 Å². The van der Waals surface area contributed by atoms with Gasteiger partial charge in [0, 0.05) is 16.6 Å². The topological polar surface area (TPSA) is 52.3 Å². The Kier molecular flexibility index (Phi) is 4.33. The third kappa shape index (κ3) is 2.54. The van der Waals surface area contributed by atoms with Crippen LogP contribution in [0.25, 0.3) is 0 Å². The smallest absolute Gasteiger partial charge is 0.313 e. The first kappa shape index (κ1) is 13.0. The lowest BCUT2D eigenvalue weighted by Crippen LogP contribution is -2.25. The van der Waals surface area contributed by atoms with Gasteiger partial charge in [-0.25, -0.2) is 0 Å². The van der Waals surface area contributed by atoms with Crippen molar-refractivity contribution in [3.05, 3.63) is 28.3 Å². The molecule has 1 atom stereocenters. The average Bonchev–Trinajstić information content (AvgIpc) is 2.23. The molecule has 0 amide bonds. The van der Waals surface area contributed by atoms with Gasteiger partial charge in [0.1, 0.15) is 5.75 Å². The van der Waals surface area contributed by atoms with Gasteiger partial charge in [-0.2, -0.15) is 0 Å². The van der Waals surface area contributed by atoms with E-state index in [1.165, 1.54) is 0 Å². The molecule has 0 aliphatic carbocycles. The van der Waals surface area contributed by atoms with Crippen molar-refractivity contribution >= 4 is 17.6 Å². The van der Waals surface area contributed by atoms with Crippen molar-refractivity contribution in [1.29, 1.82) is 0 Å². The summed E-state index contributed by atoms with van der Waals surface area (Å²) in [6, 6.07) is 3.20. The van der Waals surface area contributed by atoms with Gasteiger partial charge in [0.05, 0.1) is 6.42 Å². The summed E-state index contributed by atoms with van der Waals surface area (Å²) >= 11 is 5.89. The minimum absolute atomic E-state index is 0.215. The summed E-state index contributed by atoms with van der Waals surface area (Å²) in [6.45, 7) is 5.84. The molecule has 16 heavy (non-hydrogen) atoms. The number of hydrogen-bond acceptors (Lipinski definition) is 3. The lowest BCUT2D eigenvalue weighted by atomic mass is 9.98. The van der Waals surface area contributed by atoms with Gasteiger partial charge in [0.25, 0.3) is 0 Å². The zero-order chi connectivity index (χ0) is 12.3. The van der Waals surface area contributed by atoms with Gasteiger partial charge in [0.2, 0.25) is 0 Å². The lowest BCUT2D eigenvalue weighted by Gasteiger charge is -2.22. The van der Waals surface area contributed by atoms with Crippen LogP contribution >= 0.6 is 11.6 Å². The van der Waals surface area contributed by atoms with Gasteiger partial charge in [-0.3, -0.25) is 4.79 Å². The highest BCUT2D eigenvalue weighted by atomic mass is 35.5. The van der Waals surface area contributed by atoms with E-state index in [9.17, 15) is 4.79 Å². The fourth-order valence-corrected chi connectivity index (χ4v) is 1.90. The summed E-state index contributed by atoms with van der Waals surface area (Å²) in [5.41, 5.74) is 7.47. The largest absolute Gasteiger partial charge is 0.426 e. The normalized spacial score (nSPS) is 18.1. The van der Waals surface area contributed by atoms with Crippen molar-refractivity contribution in [3.8, 4) is 5.75 Å². The molecule has 1 heterocycles. The molecule has 2 rings (SSSR count). The second-order valence-corrected chi connectivity index (χ2v) is 3.86. The monoisotopic (exact) mass is 241 g/mol. The molecule has 1 aromatic carbocycles. The number of halogens is 1. The second kappa shape index (κ2) is 5.32. The third-order valence-corrected chi connectivity index (χ3v) is 2.49. The minimum Gasteiger partial charge on any atom is -0.426 e. The van der Waals surface area contributed by atoms with Crippen LogP contribution in [0.1, 0.15) is 37.4 Å². The number of aryl methyl sites for hydroxylation is 1. The average molecular weight is 242 g/mol. The molecule has 3 nitrogen and oxygen atoms in total. The fraction of sp³-hybridized carbons (Fsp3) is 0.417. The molecule has 0 fully saturated rings. The Morgan fingerprint density at radius 2 is 2.06 bits per heavy atom. The number of hydrogen-bond donors (Lipinski definition) is 1. The summed E-state index contributed by atoms with van der Waals surface area (Å²) < 4.78 is 5.11. The number of carbonyl (C=O) groups is 1. The molecule has 4 heteroatoms. The Bertz CT molecular complexity index is 404. The number of benzene rings is 1. The molecule has 1 aliphatic rings. The van der Waals surface area contributed by atoms with E-state index in [0.29, 0.717) is 10.8 Å². The molecular formula is C12H16ClNO2. The number of rotatable bonds is 0. The molecule has 0 radical (unpaired) electrons. The maximum absolute atomic E-state index is 11.1. The minimum atomic E-state index is -0.302. The van der Waals surface area contributed by atoms with Crippen LogP contribution in [-0.4, -0.2) is 5.97 Å². The third-order valence-electron chi connectivity index (χ3n) is 2.27. The highest BCUT2D eigenvalue weighted by Gasteiger charge is 2.25. The first-order chi connectivity index (χ1) is 7.58. The summed E-state index contributed by atoms with van der Waals surface area (Å²) in [7, 11) is 0. The summed E-state index contributed by atoms with van der Waals surface area (Å²) in [5.74, 6) is 0.286.